The van der Waals surface area contributed by atoms with Gasteiger partial charge >= 0.3 is 0 Å². The van der Waals surface area contributed by atoms with Crippen molar-refractivity contribution in [2.24, 2.45) is 5.73 Å². The summed E-state index contributed by atoms with van der Waals surface area (Å²) in [6, 6.07) is 8.88. The molecule has 0 bridgehead atoms. The minimum absolute atomic E-state index is 0. The van der Waals surface area contributed by atoms with Gasteiger partial charge in [0, 0.05) is 29.1 Å². The van der Waals surface area contributed by atoms with Crippen LogP contribution in [0.5, 0.6) is 0 Å². The van der Waals surface area contributed by atoms with Crippen LogP contribution in [0.1, 0.15) is 37.7 Å². The minimum atomic E-state index is 0. The standard InChI is InChI=1S/C16H23IN2O.ClH/c17-14-8-6-13(7-9-14)4-2-1-3-5-16(20)19-11-10-15(18)12-19;/h6-9,15H,1-5,10-12,18H2;1H/t15-;/m1./s1. The van der Waals surface area contributed by atoms with E-state index in [1.165, 1.54) is 9.13 Å². The van der Waals surface area contributed by atoms with Crippen LogP contribution in [0.3, 0.4) is 0 Å². The second-order valence-electron chi connectivity index (χ2n) is 5.58. The molecule has 1 saturated heterocycles. The van der Waals surface area contributed by atoms with Crippen LogP contribution in [0.4, 0.5) is 0 Å². The van der Waals surface area contributed by atoms with Crippen LogP contribution in [-0.2, 0) is 11.2 Å². The van der Waals surface area contributed by atoms with Gasteiger partial charge in [0.25, 0.3) is 0 Å². The molecule has 0 aromatic heterocycles. The summed E-state index contributed by atoms with van der Waals surface area (Å²) in [7, 11) is 0. The molecule has 1 aromatic rings. The maximum absolute atomic E-state index is 11.9. The summed E-state index contributed by atoms with van der Waals surface area (Å²) in [5.74, 6) is 0.284. The van der Waals surface area contributed by atoms with Crippen molar-refractivity contribution in [3.05, 3.63) is 33.4 Å². The smallest absolute Gasteiger partial charge is 0.222 e. The van der Waals surface area contributed by atoms with Crippen molar-refractivity contribution in [2.45, 2.75) is 44.6 Å². The van der Waals surface area contributed by atoms with Crippen molar-refractivity contribution < 1.29 is 4.79 Å². The second-order valence-corrected chi connectivity index (χ2v) is 6.82. The Hall–Kier alpha value is -0.330. The largest absolute Gasteiger partial charge is 0.341 e. The molecule has 21 heavy (non-hydrogen) atoms. The van der Waals surface area contributed by atoms with Crippen molar-refractivity contribution in [2.75, 3.05) is 13.1 Å². The van der Waals surface area contributed by atoms with E-state index < -0.39 is 0 Å². The highest BCUT2D eigenvalue weighted by Gasteiger charge is 2.22. The van der Waals surface area contributed by atoms with Crippen molar-refractivity contribution in [1.82, 2.24) is 4.90 Å². The fourth-order valence-electron chi connectivity index (χ4n) is 2.61. The Morgan fingerprint density at radius 3 is 2.57 bits per heavy atom. The lowest BCUT2D eigenvalue weighted by Crippen LogP contribution is -2.31. The molecule has 0 spiro atoms. The van der Waals surface area contributed by atoms with Crippen LogP contribution in [0.15, 0.2) is 24.3 Å². The lowest BCUT2D eigenvalue weighted by atomic mass is 10.1. The molecule has 1 aliphatic rings. The lowest BCUT2D eigenvalue weighted by molar-refractivity contribution is -0.130. The Morgan fingerprint density at radius 1 is 1.24 bits per heavy atom. The Bertz CT molecular complexity index is 438. The van der Waals surface area contributed by atoms with Crippen molar-refractivity contribution in [1.29, 1.82) is 0 Å². The second kappa shape index (κ2) is 9.64. The van der Waals surface area contributed by atoms with Gasteiger partial charge in [-0.1, -0.05) is 18.6 Å². The third-order valence-electron chi connectivity index (χ3n) is 3.85. The molecular weight excluding hydrogens is 399 g/mol. The van der Waals surface area contributed by atoms with Gasteiger partial charge in [0.1, 0.15) is 0 Å². The maximum atomic E-state index is 11.9. The van der Waals surface area contributed by atoms with Gasteiger partial charge < -0.3 is 10.6 Å². The van der Waals surface area contributed by atoms with Gasteiger partial charge in [-0.3, -0.25) is 4.79 Å². The third kappa shape index (κ3) is 6.53. The van der Waals surface area contributed by atoms with E-state index in [1.54, 1.807) is 0 Å². The highest BCUT2D eigenvalue weighted by Crippen LogP contribution is 2.13. The average molecular weight is 423 g/mol. The van der Waals surface area contributed by atoms with Crippen LogP contribution in [-0.4, -0.2) is 29.9 Å². The summed E-state index contributed by atoms with van der Waals surface area (Å²) in [4.78, 5) is 13.9. The van der Waals surface area contributed by atoms with E-state index >= 15 is 0 Å². The molecule has 0 saturated carbocycles. The van der Waals surface area contributed by atoms with Crippen LogP contribution >= 0.6 is 35.0 Å². The van der Waals surface area contributed by atoms with Crippen molar-refractivity contribution in [3.63, 3.8) is 0 Å². The number of hydrogen-bond acceptors (Lipinski definition) is 2. The number of hydrogen-bond donors (Lipinski definition) is 1. The SMILES string of the molecule is Cl.N[C@@H]1CCN(C(=O)CCCCCc2ccc(I)cc2)C1. The Morgan fingerprint density at radius 2 is 1.95 bits per heavy atom. The third-order valence-corrected chi connectivity index (χ3v) is 4.57. The van der Waals surface area contributed by atoms with Gasteiger partial charge in [0.05, 0.1) is 0 Å². The Balaban J connectivity index is 0.00000220. The van der Waals surface area contributed by atoms with Gasteiger partial charge in [-0.25, -0.2) is 0 Å². The summed E-state index contributed by atoms with van der Waals surface area (Å²) in [6.45, 7) is 1.60. The van der Waals surface area contributed by atoms with Gasteiger partial charge in [-0.15, -0.1) is 12.4 Å². The Kier molecular flexibility index (Phi) is 8.59. The summed E-state index contributed by atoms with van der Waals surface area (Å²) in [5, 5.41) is 0. The summed E-state index contributed by atoms with van der Waals surface area (Å²) >= 11 is 2.32. The molecule has 1 aromatic carbocycles. The first-order valence-corrected chi connectivity index (χ1v) is 8.51. The van der Waals surface area contributed by atoms with E-state index in [2.05, 4.69) is 46.9 Å². The number of aryl methyl sites for hydroxylation is 1. The number of nitrogens with two attached hydrogens (primary N) is 1. The monoisotopic (exact) mass is 422 g/mol. The first kappa shape index (κ1) is 18.7. The molecule has 118 valence electrons. The minimum Gasteiger partial charge on any atom is -0.341 e. The van der Waals surface area contributed by atoms with Crippen LogP contribution in [0.2, 0.25) is 0 Å². The van der Waals surface area contributed by atoms with E-state index in [9.17, 15) is 4.79 Å². The fraction of sp³-hybridized carbons (Fsp3) is 0.562. The number of benzene rings is 1. The number of halogens is 2. The first-order valence-electron chi connectivity index (χ1n) is 7.43. The molecule has 5 heteroatoms. The molecule has 0 radical (unpaired) electrons. The maximum Gasteiger partial charge on any atom is 0.222 e. The number of likely N-dealkylation sites (tertiary alicyclic amines) is 1. The molecule has 1 amide bonds. The van der Waals surface area contributed by atoms with Crippen molar-refractivity contribution >= 4 is 40.9 Å². The van der Waals surface area contributed by atoms with Gasteiger partial charge in [-0.05, 0) is 66.0 Å². The lowest BCUT2D eigenvalue weighted by Gasteiger charge is -2.15. The van der Waals surface area contributed by atoms with Gasteiger partial charge in [-0.2, -0.15) is 0 Å². The average Bonchev–Trinajstić information content (AvgIpc) is 2.87. The zero-order chi connectivity index (χ0) is 14.4. The normalized spacial score (nSPS) is 17.6. The molecule has 1 heterocycles. The van der Waals surface area contributed by atoms with E-state index in [-0.39, 0.29) is 24.4 Å². The number of carbonyl (C=O) groups excluding carboxylic acids is 1. The highest BCUT2D eigenvalue weighted by molar-refractivity contribution is 14.1. The topological polar surface area (TPSA) is 46.3 Å². The first-order chi connectivity index (χ1) is 9.65. The molecule has 0 aliphatic carbocycles. The van der Waals surface area contributed by atoms with E-state index in [0.717, 1.165) is 45.2 Å². The molecule has 1 atom stereocenters. The molecule has 1 aliphatic heterocycles. The number of rotatable bonds is 6. The van der Waals surface area contributed by atoms with Crippen LogP contribution in [0.25, 0.3) is 0 Å². The van der Waals surface area contributed by atoms with E-state index in [1.807, 2.05) is 4.90 Å². The van der Waals surface area contributed by atoms with E-state index in [0.29, 0.717) is 6.42 Å². The van der Waals surface area contributed by atoms with Crippen LogP contribution < -0.4 is 5.73 Å². The van der Waals surface area contributed by atoms with Gasteiger partial charge in [0.2, 0.25) is 5.91 Å². The molecule has 1 fully saturated rings. The summed E-state index contributed by atoms with van der Waals surface area (Å²) in [5.41, 5.74) is 7.21. The number of amides is 1. The number of unbranched alkanes of at least 4 members (excludes halogenated alkanes) is 2. The van der Waals surface area contributed by atoms with Gasteiger partial charge in [0.15, 0.2) is 0 Å². The predicted octanol–water partition coefficient (Wildman–Crippen LogP) is 3.38. The Labute approximate surface area is 147 Å². The number of nitrogens with zero attached hydrogens (tertiary/aromatic N) is 1. The van der Waals surface area contributed by atoms with Crippen molar-refractivity contribution in [3.8, 4) is 0 Å². The molecule has 3 nitrogen and oxygen atoms in total. The zero-order valence-electron chi connectivity index (χ0n) is 12.3. The molecule has 2 rings (SSSR count). The molecule has 2 N–H and O–H groups in total. The number of carbonyl (C=O) groups is 1. The molecular formula is C16H24ClIN2O. The molecule has 0 unspecified atom stereocenters. The fourth-order valence-corrected chi connectivity index (χ4v) is 2.96. The van der Waals surface area contributed by atoms with E-state index in [4.69, 9.17) is 5.73 Å². The highest BCUT2D eigenvalue weighted by atomic mass is 127. The summed E-state index contributed by atoms with van der Waals surface area (Å²) < 4.78 is 1.28. The van der Waals surface area contributed by atoms with Crippen LogP contribution in [0, 0.1) is 3.57 Å². The zero-order valence-corrected chi connectivity index (χ0v) is 15.2. The summed E-state index contributed by atoms with van der Waals surface area (Å²) in [6.07, 6.45) is 6.03. The predicted molar refractivity (Wildman–Crippen MR) is 97.8 cm³/mol. The quantitative estimate of drug-likeness (QED) is 0.564.